The standard InChI is InChI=1S/C25H33NO4S/c1-6-7-15(2)19-13-20(27)21-22(26-23(19)31-11-10-30-5)18-9-8-16(24(28)29)12-17(18)14-25(21,3)4/h6,8-9,12,15,19,21,23H,1,7,10-11,13-14H2,2-5H3,(H,28,29). The Balaban J connectivity index is 2.12. The maximum atomic E-state index is 13.6. The number of aromatic carboxylic acids is 1. The largest absolute Gasteiger partial charge is 0.478 e. The Morgan fingerprint density at radius 2 is 2.19 bits per heavy atom. The van der Waals surface area contributed by atoms with Gasteiger partial charge in [0.25, 0.3) is 0 Å². The third-order valence-corrected chi connectivity index (χ3v) is 7.76. The second-order valence-electron chi connectivity index (χ2n) is 9.38. The van der Waals surface area contributed by atoms with E-state index in [-0.39, 0.29) is 34.0 Å². The van der Waals surface area contributed by atoms with Crippen LogP contribution in [0.15, 0.2) is 35.8 Å². The summed E-state index contributed by atoms with van der Waals surface area (Å²) < 4.78 is 5.25. The van der Waals surface area contributed by atoms with Crippen LogP contribution >= 0.6 is 11.8 Å². The highest BCUT2D eigenvalue weighted by atomic mass is 32.2. The van der Waals surface area contributed by atoms with Gasteiger partial charge in [0.05, 0.1) is 29.2 Å². The van der Waals surface area contributed by atoms with Crippen LogP contribution in [0.25, 0.3) is 0 Å². The number of hydrogen-bond donors (Lipinski definition) is 1. The van der Waals surface area contributed by atoms with Crippen molar-refractivity contribution in [1.82, 2.24) is 0 Å². The molecule has 0 saturated heterocycles. The molecule has 4 unspecified atom stereocenters. The quantitative estimate of drug-likeness (QED) is 0.458. The van der Waals surface area contributed by atoms with Crippen LogP contribution < -0.4 is 0 Å². The minimum absolute atomic E-state index is 0.0463. The zero-order valence-corrected chi connectivity index (χ0v) is 19.7. The molecule has 1 N–H and O–H groups in total. The van der Waals surface area contributed by atoms with Crippen LogP contribution in [0.1, 0.15) is 55.1 Å². The number of allylic oxidation sites excluding steroid dienone is 1. The van der Waals surface area contributed by atoms with Crippen molar-refractivity contribution < 1.29 is 19.4 Å². The summed E-state index contributed by atoms with van der Waals surface area (Å²) in [6, 6.07) is 5.22. The van der Waals surface area contributed by atoms with E-state index in [1.54, 1.807) is 31.0 Å². The lowest BCUT2D eigenvalue weighted by Crippen LogP contribution is -2.43. The summed E-state index contributed by atoms with van der Waals surface area (Å²) in [6.45, 7) is 10.9. The van der Waals surface area contributed by atoms with E-state index in [2.05, 4.69) is 27.4 Å². The Bertz CT molecular complexity index is 892. The van der Waals surface area contributed by atoms with Crippen molar-refractivity contribution in [2.75, 3.05) is 19.5 Å². The van der Waals surface area contributed by atoms with Gasteiger partial charge in [-0.1, -0.05) is 32.9 Å². The van der Waals surface area contributed by atoms with Crippen LogP contribution in [0.5, 0.6) is 0 Å². The first kappa shape index (κ1) is 23.7. The molecule has 0 fully saturated rings. The average Bonchev–Trinajstić information content (AvgIpc) is 2.85. The van der Waals surface area contributed by atoms with Gasteiger partial charge in [-0.2, -0.15) is 0 Å². The molecule has 1 heterocycles. The van der Waals surface area contributed by atoms with Crippen molar-refractivity contribution in [3.8, 4) is 0 Å². The number of nitrogens with zero attached hydrogens (tertiary/aromatic N) is 1. The van der Waals surface area contributed by atoms with Gasteiger partial charge >= 0.3 is 5.97 Å². The number of fused-ring (bicyclic) bond motifs is 3. The van der Waals surface area contributed by atoms with E-state index < -0.39 is 5.97 Å². The van der Waals surface area contributed by atoms with Crippen molar-refractivity contribution >= 4 is 29.2 Å². The van der Waals surface area contributed by atoms with Crippen molar-refractivity contribution in [3.05, 3.63) is 47.5 Å². The summed E-state index contributed by atoms with van der Waals surface area (Å²) in [5.74, 6) is 0.260. The average molecular weight is 444 g/mol. The van der Waals surface area contributed by atoms with Crippen LogP contribution in [0.3, 0.4) is 0 Å². The van der Waals surface area contributed by atoms with Gasteiger partial charge in [-0.05, 0) is 47.4 Å². The Labute approximate surface area is 189 Å². The number of rotatable bonds is 8. The second-order valence-corrected chi connectivity index (χ2v) is 10.6. The van der Waals surface area contributed by atoms with Gasteiger partial charge in [0, 0.05) is 25.2 Å². The number of benzene rings is 1. The van der Waals surface area contributed by atoms with Crippen molar-refractivity contribution in [2.24, 2.45) is 28.2 Å². The number of aliphatic imine (C=N–C) groups is 1. The Morgan fingerprint density at radius 3 is 2.84 bits per heavy atom. The molecule has 1 aliphatic heterocycles. The fourth-order valence-electron chi connectivity index (χ4n) is 4.99. The van der Waals surface area contributed by atoms with E-state index in [0.717, 1.165) is 29.0 Å². The van der Waals surface area contributed by atoms with Crippen LogP contribution in [0, 0.1) is 23.2 Å². The minimum atomic E-state index is -0.937. The normalized spacial score (nSPS) is 25.6. The van der Waals surface area contributed by atoms with Crippen LogP contribution in [0.4, 0.5) is 0 Å². The summed E-state index contributed by atoms with van der Waals surface area (Å²) in [4.78, 5) is 30.4. The maximum absolute atomic E-state index is 13.6. The van der Waals surface area contributed by atoms with E-state index in [1.807, 2.05) is 12.1 Å². The van der Waals surface area contributed by atoms with Gasteiger partial charge in [-0.25, -0.2) is 4.79 Å². The molecule has 0 radical (unpaired) electrons. The fraction of sp³-hybridized carbons (Fsp3) is 0.560. The number of carbonyl (C=O) groups excluding carboxylic acids is 1. The lowest BCUT2D eigenvalue weighted by molar-refractivity contribution is -0.124. The van der Waals surface area contributed by atoms with Crippen molar-refractivity contribution in [1.29, 1.82) is 0 Å². The number of ketones is 1. The molecule has 4 atom stereocenters. The van der Waals surface area contributed by atoms with E-state index >= 15 is 0 Å². The van der Waals surface area contributed by atoms with Crippen LogP contribution in [-0.4, -0.2) is 47.4 Å². The number of thioether (sulfide) groups is 1. The number of Topliss-reactive ketones (excluding diaryl/α,β-unsaturated/α-hetero) is 1. The molecule has 6 heteroatoms. The van der Waals surface area contributed by atoms with Gasteiger partial charge in [0.15, 0.2) is 0 Å². The molecule has 1 aliphatic carbocycles. The first-order chi connectivity index (χ1) is 14.7. The van der Waals surface area contributed by atoms with E-state index in [1.165, 1.54) is 0 Å². The number of hydrogen-bond acceptors (Lipinski definition) is 5. The molecule has 0 bridgehead atoms. The van der Waals surface area contributed by atoms with E-state index in [0.29, 0.717) is 25.4 Å². The van der Waals surface area contributed by atoms with Crippen LogP contribution in [-0.2, 0) is 16.0 Å². The predicted molar refractivity (Wildman–Crippen MR) is 126 cm³/mol. The minimum Gasteiger partial charge on any atom is -0.478 e. The molecule has 0 aromatic heterocycles. The second kappa shape index (κ2) is 9.70. The molecule has 1 aromatic rings. The van der Waals surface area contributed by atoms with Gasteiger partial charge in [0.2, 0.25) is 0 Å². The molecule has 2 aliphatic rings. The highest BCUT2D eigenvalue weighted by molar-refractivity contribution is 7.99. The molecular formula is C25H33NO4S. The van der Waals surface area contributed by atoms with Gasteiger partial charge in [-0.15, -0.1) is 18.3 Å². The Hall–Kier alpha value is -1.92. The Morgan fingerprint density at radius 1 is 1.45 bits per heavy atom. The van der Waals surface area contributed by atoms with E-state index in [4.69, 9.17) is 9.73 Å². The highest BCUT2D eigenvalue weighted by Crippen LogP contribution is 2.46. The SMILES string of the molecule is C=CCC(C)C1CC(=O)C2C(=NC1SCCOC)c1ccc(C(=O)O)cc1CC2(C)C. The molecule has 1 aromatic carbocycles. The summed E-state index contributed by atoms with van der Waals surface area (Å²) >= 11 is 1.75. The first-order valence-electron chi connectivity index (χ1n) is 10.9. The smallest absolute Gasteiger partial charge is 0.335 e. The van der Waals surface area contributed by atoms with Gasteiger partial charge in [0.1, 0.15) is 5.78 Å². The van der Waals surface area contributed by atoms with Gasteiger partial charge < -0.3 is 9.84 Å². The molecule has 0 saturated carbocycles. The van der Waals surface area contributed by atoms with E-state index in [9.17, 15) is 14.7 Å². The number of carbonyl (C=O) groups is 2. The number of methoxy groups -OCH3 is 1. The van der Waals surface area contributed by atoms with Crippen molar-refractivity contribution in [3.63, 3.8) is 0 Å². The number of carboxylic acids is 1. The molecule has 5 nitrogen and oxygen atoms in total. The molecular weight excluding hydrogens is 410 g/mol. The van der Waals surface area contributed by atoms with Crippen molar-refractivity contribution in [2.45, 2.75) is 45.4 Å². The topological polar surface area (TPSA) is 76.0 Å². The number of ether oxygens (including phenoxy) is 1. The Kier molecular flexibility index (Phi) is 7.43. The molecule has 0 spiro atoms. The zero-order chi connectivity index (χ0) is 22.8. The zero-order valence-electron chi connectivity index (χ0n) is 18.9. The summed E-state index contributed by atoms with van der Waals surface area (Å²) in [7, 11) is 1.69. The highest BCUT2D eigenvalue weighted by Gasteiger charge is 2.47. The fourth-order valence-corrected chi connectivity index (χ4v) is 6.29. The summed E-state index contributed by atoms with van der Waals surface area (Å²) in [5.41, 5.74) is 2.68. The lowest BCUT2D eigenvalue weighted by atomic mass is 9.63. The van der Waals surface area contributed by atoms with Gasteiger partial charge in [-0.3, -0.25) is 9.79 Å². The summed E-state index contributed by atoms with van der Waals surface area (Å²) in [5, 5.41) is 9.39. The number of carboxylic acid groups (broad SMARTS) is 1. The molecule has 31 heavy (non-hydrogen) atoms. The monoisotopic (exact) mass is 443 g/mol. The maximum Gasteiger partial charge on any atom is 0.335 e. The molecule has 168 valence electrons. The first-order valence-corrected chi connectivity index (χ1v) is 11.9. The summed E-state index contributed by atoms with van der Waals surface area (Å²) in [6.07, 6.45) is 3.93. The van der Waals surface area contributed by atoms with Crippen LogP contribution in [0.2, 0.25) is 0 Å². The predicted octanol–water partition coefficient (Wildman–Crippen LogP) is 4.88. The molecule has 0 amide bonds. The third kappa shape index (κ3) is 4.96. The third-order valence-electron chi connectivity index (χ3n) is 6.57. The molecule has 3 rings (SSSR count). The lowest BCUT2D eigenvalue weighted by Gasteiger charge is -2.39.